The van der Waals surface area contributed by atoms with Crippen molar-refractivity contribution in [2.45, 2.75) is 106 Å². The van der Waals surface area contributed by atoms with Gasteiger partial charge in [0, 0.05) is 35.6 Å². The Morgan fingerprint density at radius 1 is 0.690 bits per heavy atom. The highest BCUT2D eigenvalue weighted by molar-refractivity contribution is 7.86. The molecule has 0 saturated carbocycles. The second-order valence-electron chi connectivity index (χ2n) is 18.6. The van der Waals surface area contributed by atoms with Crippen molar-refractivity contribution in [1.82, 2.24) is 0 Å². The molecule has 0 radical (unpaired) electrons. The maximum atomic E-state index is 12.5. The molecule has 0 saturated heterocycles. The molecule has 3 aliphatic rings. The van der Waals surface area contributed by atoms with Gasteiger partial charge >= 0.3 is 5.97 Å². The fourth-order valence-electron chi connectivity index (χ4n) is 9.10. The Labute approximate surface area is 416 Å². The first-order chi connectivity index (χ1) is 33.2. The Morgan fingerprint density at radius 3 is 1.85 bits per heavy atom. The second-order valence-corrected chi connectivity index (χ2v) is 22.8. The predicted octanol–water partition coefficient (Wildman–Crippen LogP) is 7.97. The molecule has 1 aliphatic carbocycles. The topological polar surface area (TPSA) is 253 Å². The zero-order chi connectivity index (χ0) is 52.1. The molecule has 0 unspecified atom stereocenters. The van der Waals surface area contributed by atoms with Crippen LogP contribution < -0.4 is 9.80 Å². The van der Waals surface area contributed by atoms with E-state index >= 15 is 0 Å². The van der Waals surface area contributed by atoms with Crippen LogP contribution in [0.1, 0.15) is 88.5 Å². The number of unbranched alkanes of at least 4 members (excludes halogenated alkanes) is 1. The van der Waals surface area contributed by atoms with E-state index in [1.54, 1.807) is 18.9 Å². The summed E-state index contributed by atoms with van der Waals surface area (Å²) in [6.45, 7) is 13.3. The standard InChI is InChI=1S/C50H62N2O16S3/c1-33-29-39(70(58,59)60)31-41-46(33)51(7)43(49(41,3)4)20-14-35-11-10-12-36(48(35)68-37-16-18-38(19-17-37)69(55,56)57)15-21-44-50(5,6)42-32-40(71(61,62)63)30-34(2)47(42)52(44)67-28-27-66-26-25-65-24-23-64-22-9-8-13-45(53)54/h14-21,29-32H,8-13,22-28H2,1-7H3,(H3-,53,54,55,56,57,58,59,60,61,62,63)/p+1. The van der Waals surface area contributed by atoms with Gasteiger partial charge in [-0.3, -0.25) is 23.3 Å². The highest BCUT2D eigenvalue weighted by atomic mass is 32.2. The summed E-state index contributed by atoms with van der Waals surface area (Å²) in [6.07, 6.45) is 10.8. The molecule has 21 heteroatoms. The molecule has 3 aromatic carbocycles. The van der Waals surface area contributed by atoms with E-state index in [0.29, 0.717) is 98.1 Å². The van der Waals surface area contributed by atoms with Crippen molar-refractivity contribution in [3.8, 4) is 5.75 Å². The van der Waals surface area contributed by atoms with Crippen molar-refractivity contribution in [3.63, 3.8) is 0 Å². The molecule has 0 bridgehead atoms. The monoisotopic (exact) mass is 1040 g/mol. The SMILES string of the molecule is Cc1cc(S(=O)(=O)O)cc2c1N(OCCOCCOCCOCCCCC(=O)O)/C(=C/C=C1\CCCC(/C=C/C3=[N+](C)c4c(C)cc(S(=O)(=O)O)cc4C3(C)C)=C1Oc1ccc(S(=O)(=O)O)cc1)C2(C)C. The van der Waals surface area contributed by atoms with Gasteiger partial charge in [0.25, 0.3) is 30.4 Å². The average molecular weight is 1040 g/mol. The van der Waals surface area contributed by atoms with Crippen molar-refractivity contribution in [1.29, 1.82) is 0 Å². The highest BCUT2D eigenvalue weighted by Crippen LogP contribution is 2.51. The summed E-state index contributed by atoms with van der Waals surface area (Å²) in [4.78, 5) is 16.3. The fraction of sp³-hybridized carbons (Fsp3) is 0.440. The Kier molecular flexibility index (Phi) is 17.4. The smallest absolute Gasteiger partial charge is 0.303 e. The van der Waals surface area contributed by atoms with E-state index in [2.05, 4.69) is 0 Å². The Morgan fingerprint density at radius 2 is 1.25 bits per heavy atom. The normalized spacial score (nSPS) is 18.0. The molecule has 18 nitrogen and oxygen atoms in total. The van der Waals surface area contributed by atoms with Gasteiger partial charge in [0.1, 0.15) is 18.6 Å². The molecular weight excluding hydrogens is 981 g/mol. The molecule has 0 spiro atoms. The number of aryl methyl sites for hydroxylation is 2. The molecule has 6 rings (SSSR count). The number of nitrogens with zero attached hydrogens (tertiary/aromatic N) is 2. The van der Waals surface area contributed by atoms with Crippen molar-refractivity contribution < 1.29 is 77.2 Å². The zero-order valence-electron chi connectivity index (χ0n) is 40.9. The minimum atomic E-state index is -4.57. The van der Waals surface area contributed by atoms with E-state index in [1.165, 1.54) is 48.5 Å². The van der Waals surface area contributed by atoms with Crippen molar-refractivity contribution in [3.05, 3.63) is 118 Å². The average Bonchev–Trinajstić information content (AvgIpc) is 3.61. The summed E-state index contributed by atoms with van der Waals surface area (Å²) in [5.74, 6) is -0.0605. The van der Waals surface area contributed by atoms with Crippen molar-refractivity contribution in [2.75, 3.05) is 58.4 Å². The first-order valence-electron chi connectivity index (χ1n) is 23.1. The molecular formula is C50H63N2O16S3+. The summed E-state index contributed by atoms with van der Waals surface area (Å²) in [6, 6.07) is 11.1. The van der Waals surface area contributed by atoms with Gasteiger partial charge in [-0.05, 0) is 143 Å². The van der Waals surface area contributed by atoms with E-state index in [0.717, 1.165) is 28.1 Å². The third kappa shape index (κ3) is 13.1. The van der Waals surface area contributed by atoms with E-state index in [1.807, 2.05) is 63.6 Å². The van der Waals surface area contributed by atoms with Crippen molar-refractivity contribution >= 4 is 53.4 Å². The maximum Gasteiger partial charge on any atom is 0.303 e. The Balaban J connectivity index is 1.31. The second kappa shape index (κ2) is 22.4. The number of benzene rings is 3. The molecule has 3 aromatic rings. The minimum Gasteiger partial charge on any atom is -0.481 e. The zero-order valence-corrected chi connectivity index (χ0v) is 43.4. The van der Waals surface area contributed by atoms with Crippen LogP contribution in [0.3, 0.4) is 0 Å². The summed E-state index contributed by atoms with van der Waals surface area (Å²) in [7, 11) is -11.6. The molecule has 2 aliphatic heterocycles. The van der Waals surface area contributed by atoms with Crippen LogP contribution in [0.5, 0.6) is 5.75 Å². The predicted molar refractivity (Wildman–Crippen MR) is 264 cm³/mol. The summed E-state index contributed by atoms with van der Waals surface area (Å²) in [5.41, 5.74) is 5.37. The van der Waals surface area contributed by atoms with Crippen LogP contribution in [0.15, 0.2) is 110 Å². The first kappa shape index (κ1) is 55.2. The number of allylic oxidation sites excluding steroid dienone is 7. The number of anilines is 1. The lowest BCUT2D eigenvalue weighted by Gasteiger charge is -2.27. The third-order valence-corrected chi connectivity index (χ3v) is 15.2. The van der Waals surface area contributed by atoms with Gasteiger partial charge in [-0.2, -0.15) is 29.8 Å². The largest absolute Gasteiger partial charge is 0.481 e. The molecule has 0 aromatic heterocycles. The van der Waals surface area contributed by atoms with Crippen LogP contribution in [0.2, 0.25) is 0 Å². The van der Waals surface area contributed by atoms with Gasteiger partial charge in [-0.1, -0.05) is 19.9 Å². The molecule has 386 valence electrons. The van der Waals surface area contributed by atoms with Gasteiger partial charge in [-0.25, -0.2) is 5.06 Å². The van der Waals surface area contributed by atoms with Gasteiger partial charge in [0.2, 0.25) is 5.69 Å². The van der Waals surface area contributed by atoms with E-state index in [9.17, 15) is 43.7 Å². The van der Waals surface area contributed by atoms with Gasteiger partial charge in [-0.15, -0.1) is 0 Å². The lowest BCUT2D eigenvalue weighted by Crippen LogP contribution is -2.28. The van der Waals surface area contributed by atoms with Crippen LogP contribution in [-0.4, -0.2) is 114 Å². The molecule has 0 fully saturated rings. The molecule has 0 amide bonds. The van der Waals surface area contributed by atoms with E-state index < -0.39 is 47.2 Å². The number of carbonyl (C=O) groups is 1. The highest BCUT2D eigenvalue weighted by Gasteiger charge is 2.45. The molecule has 2 heterocycles. The first-order valence-corrected chi connectivity index (χ1v) is 27.4. The number of aliphatic carboxylic acids is 1. The van der Waals surface area contributed by atoms with Crippen LogP contribution in [0, 0.1) is 13.8 Å². The molecule has 4 N–H and O–H groups in total. The van der Waals surface area contributed by atoms with Gasteiger partial charge in [0.05, 0.1) is 71.1 Å². The van der Waals surface area contributed by atoms with Crippen LogP contribution in [0.25, 0.3) is 0 Å². The number of hydrogen-bond donors (Lipinski definition) is 4. The minimum absolute atomic E-state index is 0.0925. The number of rotatable bonds is 23. The Bertz CT molecular complexity index is 3020. The fourth-order valence-corrected chi connectivity index (χ4v) is 10.8. The number of ether oxygens (including phenoxy) is 4. The number of carboxylic acid groups (broad SMARTS) is 1. The van der Waals surface area contributed by atoms with Gasteiger partial charge in [0.15, 0.2) is 5.71 Å². The Hall–Kier alpha value is -5.07. The number of hydroxylamine groups is 1. The summed E-state index contributed by atoms with van der Waals surface area (Å²) < 4.78 is 128. The number of carboxylic acids is 1. The number of hydrogen-bond acceptors (Lipinski definition) is 13. The van der Waals surface area contributed by atoms with Crippen LogP contribution >= 0.6 is 0 Å². The lowest BCUT2D eigenvalue weighted by molar-refractivity contribution is -0.402. The molecule has 0 atom stereocenters. The van der Waals surface area contributed by atoms with Gasteiger partial charge < -0.3 is 24.1 Å². The van der Waals surface area contributed by atoms with Crippen molar-refractivity contribution in [2.24, 2.45) is 0 Å². The number of fused-ring (bicyclic) bond motifs is 2. The van der Waals surface area contributed by atoms with E-state index in [4.69, 9.17) is 28.9 Å². The third-order valence-electron chi connectivity index (χ3n) is 12.7. The summed E-state index contributed by atoms with van der Waals surface area (Å²) >= 11 is 0. The van der Waals surface area contributed by atoms with Crippen LogP contribution in [0.4, 0.5) is 11.4 Å². The van der Waals surface area contributed by atoms with Crippen LogP contribution in [-0.2, 0) is 65.0 Å². The maximum absolute atomic E-state index is 12.5. The quantitative estimate of drug-likeness (QED) is 0.0399. The summed E-state index contributed by atoms with van der Waals surface area (Å²) in [5, 5.41) is 10.4. The lowest BCUT2D eigenvalue weighted by atomic mass is 9.80. The van der Waals surface area contributed by atoms with E-state index in [-0.39, 0.29) is 40.9 Å². The molecule has 71 heavy (non-hydrogen) atoms.